The molecule has 0 fully saturated rings. The average Bonchev–Trinajstić information content (AvgIpc) is 2.50. The van der Waals surface area contributed by atoms with Gasteiger partial charge < -0.3 is 10.6 Å². The van der Waals surface area contributed by atoms with Gasteiger partial charge in [0.2, 0.25) is 11.9 Å². The van der Waals surface area contributed by atoms with E-state index in [2.05, 4.69) is 48.7 Å². The SMILES string of the molecule is C[C@@H](Cc1ccc(Br)cc1)NC(=O)CCNc1ncccn1. The lowest BCUT2D eigenvalue weighted by Gasteiger charge is -2.14. The van der Waals surface area contributed by atoms with E-state index >= 15 is 0 Å². The van der Waals surface area contributed by atoms with Gasteiger partial charge in [-0.05, 0) is 37.1 Å². The number of nitrogens with one attached hydrogen (secondary N) is 2. The molecular weight excluding hydrogens is 344 g/mol. The van der Waals surface area contributed by atoms with Crippen LogP contribution in [0.4, 0.5) is 5.95 Å². The maximum atomic E-state index is 11.9. The van der Waals surface area contributed by atoms with Gasteiger partial charge in [0, 0.05) is 35.9 Å². The number of nitrogens with zero attached hydrogens (tertiary/aromatic N) is 2. The number of amides is 1. The highest BCUT2D eigenvalue weighted by Gasteiger charge is 2.08. The van der Waals surface area contributed by atoms with Crippen LogP contribution < -0.4 is 10.6 Å². The van der Waals surface area contributed by atoms with Crippen LogP contribution in [-0.4, -0.2) is 28.5 Å². The Morgan fingerprint density at radius 1 is 1.23 bits per heavy atom. The third kappa shape index (κ3) is 5.81. The summed E-state index contributed by atoms with van der Waals surface area (Å²) in [6.45, 7) is 2.52. The molecule has 5 nitrogen and oxygen atoms in total. The van der Waals surface area contributed by atoms with Crippen LogP contribution in [0.15, 0.2) is 47.2 Å². The van der Waals surface area contributed by atoms with Gasteiger partial charge in [0.25, 0.3) is 0 Å². The molecule has 0 saturated heterocycles. The molecule has 0 radical (unpaired) electrons. The summed E-state index contributed by atoms with van der Waals surface area (Å²) in [6.07, 6.45) is 4.53. The highest BCUT2D eigenvalue weighted by atomic mass is 79.9. The van der Waals surface area contributed by atoms with Crippen molar-refractivity contribution in [2.24, 2.45) is 0 Å². The van der Waals surface area contributed by atoms with Crippen molar-refractivity contribution >= 4 is 27.8 Å². The van der Waals surface area contributed by atoms with Crippen molar-refractivity contribution in [3.05, 3.63) is 52.8 Å². The van der Waals surface area contributed by atoms with Gasteiger partial charge in [0.05, 0.1) is 0 Å². The number of benzene rings is 1. The first-order chi connectivity index (χ1) is 10.6. The van der Waals surface area contributed by atoms with E-state index in [9.17, 15) is 4.79 Å². The highest BCUT2D eigenvalue weighted by Crippen LogP contribution is 2.11. The second-order valence-electron chi connectivity index (χ2n) is 5.05. The van der Waals surface area contributed by atoms with E-state index in [-0.39, 0.29) is 11.9 Å². The molecule has 1 heterocycles. The summed E-state index contributed by atoms with van der Waals surface area (Å²) in [4.78, 5) is 20.0. The normalized spacial score (nSPS) is 11.7. The Bertz CT molecular complexity index is 589. The summed E-state index contributed by atoms with van der Waals surface area (Å²) < 4.78 is 1.06. The number of aromatic nitrogens is 2. The summed E-state index contributed by atoms with van der Waals surface area (Å²) >= 11 is 3.41. The molecular formula is C16H19BrN4O. The second-order valence-corrected chi connectivity index (χ2v) is 5.96. The minimum absolute atomic E-state index is 0.0213. The lowest BCUT2D eigenvalue weighted by molar-refractivity contribution is -0.121. The van der Waals surface area contributed by atoms with Crippen LogP contribution in [0.2, 0.25) is 0 Å². The average molecular weight is 363 g/mol. The molecule has 1 aromatic carbocycles. The Morgan fingerprint density at radius 3 is 2.59 bits per heavy atom. The van der Waals surface area contributed by atoms with E-state index in [1.807, 2.05) is 19.1 Å². The zero-order chi connectivity index (χ0) is 15.8. The number of halogens is 1. The predicted molar refractivity (Wildman–Crippen MR) is 90.6 cm³/mol. The number of hydrogen-bond acceptors (Lipinski definition) is 4. The van der Waals surface area contributed by atoms with Gasteiger partial charge in [-0.2, -0.15) is 0 Å². The Kier molecular flexibility index (Phi) is 6.33. The largest absolute Gasteiger partial charge is 0.354 e. The quantitative estimate of drug-likeness (QED) is 0.794. The molecule has 0 saturated carbocycles. The molecule has 0 bridgehead atoms. The standard InChI is InChI=1S/C16H19BrN4O/c1-12(11-13-3-5-14(17)6-4-13)21-15(22)7-10-20-16-18-8-2-9-19-16/h2-6,8-9,12H,7,10-11H2,1H3,(H,21,22)(H,18,19,20)/t12-/m0/s1. The summed E-state index contributed by atoms with van der Waals surface area (Å²) in [7, 11) is 0. The maximum Gasteiger partial charge on any atom is 0.222 e. The molecule has 0 spiro atoms. The van der Waals surface area contributed by atoms with Crippen LogP contribution in [-0.2, 0) is 11.2 Å². The van der Waals surface area contributed by atoms with Gasteiger partial charge in [-0.3, -0.25) is 4.79 Å². The van der Waals surface area contributed by atoms with Crippen molar-refractivity contribution in [1.29, 1.82) is 0 Å². The first-order valence-electron chi connectivity index (χ1n) is 7.18. The van der Waals surface area contributed by atoms with Gasteiger partial charge in [-0.25, -0.2) is 9.97 Å². The Balaban J connectivity index is 1.68. The predicted octanol–water partition coefficient (Wildman–Crippen LogP) is 2.79. The van der Waals surface area contributed by atoms with Crippen LogP contribution in [0.3, 0.4) is 0 Å². The van der Waals surface area contributed by atoms with Crippen molar-refractivity contribution in [2.75, 3.05) is 11.9 Å². The Labute approximate surface area is 138 Å². The molecule has 6 heteroatoms. The summed E-state index contributed by atoms with van der Waals surface area (Å²) in [5.74, 6) is 0.561. The van der Waals surface area contributed by atoms with Gasteiger partial charge in [0.15, 0.2) is 0 Å². The van der Waals surface area contributed by atoms with Gasteiger partial charge in [-0.1, -0.05) is 28.1 Å². The van der Waals surface area contributed by atoms with Crippen molar-refractivity contribution in [1.82, 2.24) is 15.3 Å². The Hall–Kier alpha value is -1.95. The summed E-state index contributed by atoms with van der Waals surface area (Å²) in [5, 5.41) is 6.01. The molecule has 1 amide bonds. The first-order valence-corrected chi connectivity index (χ1v) is 7.97. The second kappa shape index (κ2) is 8.48. The van der Waals surface area contributed by atoms with Gasteiger partial charge in [-0.15, -0.1) is 0 Å². The van der Waals surface area contributed by atoms with E-state index < -0.39 is 0 Å². The number of anilines is 1. The van der Waals surface area contributed by atoms with E-state index in [0.29, 0.717) is 18.9 Å². The number of carbonyl (C=O) groups is 1. The van der Waals surface area contributed by atoms with Crippen LogP contribution in [0.1, 0.15) is 18.9 Å². The van der Waals surface area contributed by atoms with E-state index in [4.69, 9.17) is 0 Å². The minimum atomic E-state index is 0.0213. The fourth-order valence-electron chi connectivity index (χ4n) is 2.05. The fourth-order valence-corrected chi connectivity index (χ4v) is 2.31. The number of hydrogen-bond donors (Lipinski definition) is 2. The molecule has 0 unspecified atom stereocenters. The number of rotatable bonds is 7. The topological polar surface area (TPSA) is 66.9 Å². The van der Waals surface area contributed by atoms with Crippen LogP contribution in [0.25, 0.3) is 0 Å². The molecule has 1 aromatic heterocycles. The monoisotopic (exact) mass is 362 g/mol. The third-order valence-corrected chi connectivity index (χ3v) is 3.59. The summed E-state index contributed by atoms with van der Waals surface area (Å²) in [5.41, 5.74) is 1.20. The van der Waals surface area contributed by atoms with Crippen molar-refractivity contribution in [3.63, 3.8) is 0 Å². The summed E-state index contributed by atoms with van der Waals surface area (Å²) in [6, 6.07) is 9.98. The van der Waals surface area contributed by atoms with Crippen LogP contribution >= 0.6 is 15.9 Å². The molecule has 0 aliphatic heterocycles. The zero-order valence-electron chi connectivity index (χ0n) is 12.4. The van der Waals surface area contributed by atoms with E-state index in [1.165, 1.54) is 5.56 Å². The molecule has 1 atom stereocenters. The zero-order valence-corrected chi connectivity index (χ0v) is 14.0. The molecule has 0 aliphatic carbocycles. The first kappa shape index (κ1) is 16.4. The molecule has 22 heavy (non-hydrogen) atoms. The molecule has 2 aromatic rings. The van der Waals surface area contributed by atoms with E-state index in [0.717, 1.165) is 10.9 Å². The van der Waals surface area contributed by atoms with Crippen molar-refractivity contribution in [2.45, 2.75) is 25.8 Å². The molecule has 2 rings (SSSR count). The van der Waals surface area contributed by atoms with Gasteiger partial charge >= 0.3 is 0 Å². The molecule has 0 aliphatic rings. The van der Waals surface area contributed by atoms with Crippen molar-refractivity contribution in [3.8, 4) is 0 Å². The smallest absolute Gasteiger partial charge is 0.222 e. The third-order valence-electron chi connectivity index (χ3n) is 3.06. The fraction of sp³-hybridized carbons (Fsp3) is 0.312. The number of carbonyl (C=O) groups excluding carboxylic acids is 1. The molecule has 116 valence electrons. The lowest BCUT2D eigenvalue weighted by atomic mass is 10.1. The van der Waals surface area contributed by atoms with Crippen LogP contribution in [0.5, 0.6) is 0 Å². The minimum Gasteiger partial charge on any atom is -0.354 e. The molecule has 2 N–H and O–H groups in total. The van der Waals surface area contributed by atoms with Crippen LogP contribution in [0, 0.1) is 0 Å². The highest BCUT2D eigenvalue weighted by molar-refractivity contribution is 9.10. The van der Waals surface area contributed by atoms with E-state index in [1.54, 1.807) is 18.5 Å². The maximum absolute atomic E-state index is 11.9. The Morgan fingerprint density at radius 2 is 1.91 bits per heavy atom. The van der Waals surface area contributed by atoms with Gasteiger partial charge in [0.1, 0.15) is 0 Å². The van der Waals surface area contributed by atoms with Crippen molar-refractivity contribution < 1.29 is 4.79 Å². The lowest BCUT2D eigenvalue weighted by Crippen LogP contribution is -2.35.